The lowest BCUT2D eigenvalue weighted by atomic mass is 10.1. The van der Waals surface area contributed by atoms with Crippen molar-refractivity contribution in [2.45, 2.75) is 23.5 Å². The molecular weight excluding hydrogens is 462 g/mol. The van der Waals surface area contributed by atoms with Crippen LogP contribution in [0.1, 0.15) is 6.92 Å². The Hall–Kier alpha value is -1.97. The summed E-state index contributed by atoms with van der Waals surface area (Å²) in [5, 5.41) is 1.03. The molecule has 6 nitrogen and oxygen atoms in total. The number of nitrogens with one attached hydrogen (secondary N) is 1. The minimum atomic E-state index is -3.79. The molecule has 0 amide bonds. The Kier molecular flexibility index (Phi) is 5.39. The van der Waals surface area contributed by atoms with E-state index in [1.807, 2.05) is 25.3 Å². The van der Waals surface area contributed by atoms with Gasteiger partial charge in [0.05, 0.1) is 12.3 Å². The Morgan fingerprint density at radius 3 is 2.75 bits per heavy atom. The molecule has 4 rings (SSSR count). The normalized spacial score (nSPS) is 13.4. The van der Waals surface area contributed by atoms with Gasteiger partial charge in [0, 0.05) is 34.2 Å². The summed E-state index contributed by atoms with van der Waals surface area (Å²) in [6.45, 7) is 3.17. The first-order valence-corrected chi connectivity index (χ1v) is 12.0. The van der Waals surface area contributed by atoms with E-state index >= 15 is 0 Å². The van der Waals surface area contributed by atoms with Crippen molar-refractivity contribution in [3.05, 3.63) is 53.1 Å². The highest BCUT2D eigenvalue weighted by atomic mass is 79.9. The van der Waals surface area contributed by atoms with Gasteiger partial charge >= 0.3 is 0 Å². The molecule has 0 radical (unpaired) electrons. The van der Waals surface area contributed by atoms with Crippen molar-refractivity contribution in [2.75, 3.05) is 17.1 Å². The number of benzene rings is 2. The van der Waals surface area contributed by atoms with Crippen molar-refractivity contribution < 1.29 is 13.2 Å². The standard InChI is InChI=1S/C19H18BrN3O3S2/c1-2-26-17-8-5-14(20)11-18(17)28(24,25)22-15-6-3-13(4-7-15)16-12-23-9-10-27-19(23)21-16/h3-8,11-12,22H,2,9-10H2,1H3. The molecule has 1 aliphatic rings. The highest BCUT2D eigenvalue weighted by Crippen LogP contribution is 2.31. The number of thioether (sulfide) groups is 1. The molecule has 1 N–H and O–H groups in total. The number of ether oxygens (including phenoxy) is 1. The molecule has 0 saturated carbocycles. The molecule has 2 aromatic carbocycles. The first kappa shape index (κ1) is 19.4. The number of aromatic nitrogens is 2. The summed E-state index contributed by atoms with van der Waals surface area (Å²) < 4.78 is 36.6. The second-order valence-corrected chi connectivity index (χ2v) is 9.79. The van der Waals surface area contributed by atoms with Crippen molar-refractivity contribution in [3.63, 3.8) is 0 Å². The molecular formula is C19H18BrN3O3S2. The molecule has 1 aromatic heterocycles. The topological polar surface area (TPSA) is 73.2 Å². The summed E-state index contributed by atoms with van der Waals surface area (Å²) in [6.07, 6.45) is 2.03. The van der Waals surface area contributed by atoms with Crippen LogP contribution >= 0.6 is 27.7 Å². The summed E-state index contributed by atoms with van der Waals surface area (Å²) in [4.78, 5) is 4.71. The van der Waals surface area contributed by atoms with E-state index < -0.39 is 10.0 Å². The quantitative estimate of drug-likeness (QED) is 0.558. The SMILES string of the molecule is CCOc1ccc(Br)cc1S(=O)(=O)Nc1ccc(-c2cn3c(n2)SCC3)cc1. The second kappa shape index (κ2) is 7.81. The average molecular weight is 480 g/mol. The van der Waals surface area contributed by atoms with Crippen LogP contribution in [-0.2, 0) is 16.6 Å². The fourth-order valence-electron chi connectivity index (χ4n) is 2.93. The minimum absolute atomic E-state index is 0.0929. The highest BCUT2D eigenvalue weighted by molar-refractivity contribution is 9.10. The Balaban J connectivity index is 1.57. The molecule has 3 aromatic rings. The van der Waals surface area contributed by atoms with E-state index in [4.69, 9.17) is 4.74 Å². The molecule has 0 unspecified atom stereocenters. The maximum absolute atomic E-state index is 12.9. The minimum Gasteiger partial charge on any atom is -0.492 e. The van der Waals surface area contributed by atoms with Crippen LogP contribution in [0.3, 0.4) is 0 Å². The molecule has 2 heterocycles. The maximum atomic E-state index is 12.9. The molecule has 146 valence electrons. The van der Waals surface area contributed by atoms with Gasteiger partial charge in [-0.2, -0.15) is 0 Å². The van der Waals surface area contributed by atoms with Crippen LogP contribution in [0, 0.1) is 0 Å². The summed E-state index contributed by atoms with van der Waals surface area (Å²) >= 11 is 5.06. The van der Waals surface area contributed by atoms with Gasteiger partial charge in [0.15, 0.2) is 5.16 Å². The van der Waals surface area contributed by atoms with Crippen LogP contribution in [0.5, 0.6) is 5.75 Å². The molecule has 9 heteroatoms. The predicted octanol–water partition coefficient (Wildman–Crippen LogP) is 4.62. The molecule has 0 bridgehead atoms. The van der Waals surface area contributed by atoms with Gasteiger partial charge in [-0.25, -0.2) is 13.4 Å². The molecule has 0 spiro atoms. The monoisotopic (exact) mass is 479 g/mol. The van der Waals surface area contributed by atoms with Crippen molar-refractivity contribution in [3.8, 4) is 17.0 Å². The van der Waals surface area contributed by atoms with Crippen molar-refractivity contribution in [1.82, 2.24) is 9.55 Å². The average Bonchev–Trinajstić information content (AvgIpc) is 3.26. The smallest absolute Gasteiger partial charge is 0.265 e. The Morgan fingerprint density at radius 1 is 1.25 bits per heavy atom. The summed E-state index contributed by atoms with van der Waals surface area (Å²) in [5.74, 6) is 1.38. The second-order valence-electron chi connectivity index (χ2n) is 6.16. The fraction of sp³-hybridized carbons (Fsp3) is 0.211. The van der Waals surface area contributed by atoms with Gasteiger partial charge in [-0.05, 0) is 37.3 Å². The number of aryl methyl sites for hydroxylation is 1. The molecule has 0 atom stereocenters. The van der Waals surface area contributed by atoms with Gasteiger partial charge in [0.2, 0.25) is 0 Å². The Morgan fingerprint density at radius 2 is 2.04 bits per heavy atom. The van der Waals surface area contributed by atoms with E-state index in [1.54, 1.807) is 36.0 Å². The van der Waals surface area contributed by atoms with Gasteiger partial charge in [0.1, 0.15) is 10.6 Å². The van der Waals surface area contributed by atoms with E-state index in [9.17, 15) is 8.42 Å². The molecule has 0 aliphatic carbocycles. The molecule has 0 fully saturated rings. The zero-order chi connectivity index (χ0) is 19.7. The largest absolute Gasteiger partial charge is 0.492 e. The lowest BCUT2D eigenvalue weighted by Crippen LogP contribution is -2.14. The number of nitrogens with zero attached hydrogens (tertiary/aromatic N) is 2. The van der Waals surface area contributed by atoms with Crippen LogP contribution in [-0.4, -0.2) is 30.3 Å². The number of fused-ring (bicyclic) bond motifs is 1. The number of halogens is 1. The number of hydrogen-bond acceptors (Lipinski definition) is 5. The number of hydrogen-bond donors (Lipinski definition) is 1. The van der Waals surface area contributed by atoms with Crippen LogP contribution in [0.4, 0.5) is 5.69 Å². The van der Waals surface area contributed by atoms with Gasteiger partial charge in [-0.3, -0.25) is 4.72 Å². The van der Waals surface area contributed by atoms with Crippen LogP contribution in [0.2, 0.25) is 0 Å². The van der Waals surface area contributed by atoms with E-state index in [0.717, 1.165) is 28.7 Å². The molecule has 28 heavy (non-hydrogen) atoms. The lowest BCUT2D eigenvalue weighted by molar-refractivity contribution is 0.331. The third-order valence-corrected chi connectivity index (χ3v) is 7.10. The number of anilines is 1. The van der Waals surface area contributed by atoms with Crippen LogP contribution in [0.15, 0.2) is 63.2 Å². The van der Waals surface area contributed by atoms with Gasteiger partial charge in [0.25, 0.3) is 10.0 Å². The number of imidazole rings is 1. The van der Waals surface area contributed by atoms with E-state index in [2.05, 4.69) is 30.2 Å². The van der Waals surface area contributed by atoms with Gasteiger partial charge in [-0.1, -0.05) is 39.8 Å². The van der Waals surface area contributed by atoms with Crippen LogP contribution < -0.4 is 9.46 Å². The zero-order valence-corrected chi connectivity index (χ0v) is 18.3. The van der Waals surface area contributed by atoms with Crippen molar-refractivity contribution >= 4 is 43.4 Å². The summed E-state index contributed by atoms with van der Waals surface area (Å²) in [5.41, 5.74) is 2.32. The molecule has 0 saturated heterocycles. The fourth-order valence-corrected chi connectivity index (χ4v) is 5.62. The third kappa shape index (κ3) is 3.92. The molecule has 1 aliphatic heterocycles. The third-order valence-electron chi connectivity index (χ3n) is 4.23. The zero-order valence-electron chi connectivity index (χ0n) is 15.1. The van der Waals surface area contributed by atoms with Crippen molar-refractivity contribution in [2.24, 2.45) is 0 Å². The highest BCUT2D eigenvalue weighted by Gasteiger charge is 2.21. The van der Waals surface area contributed by atoms with Crippen molar-refractivity contribution in [1.29, 1.82) is 0 Å². The Bertz CT molecular complexity index is 1090. The predicted molar refractivity (Wildman–Crippen MR) is 115 cm³/mol. The van der Waals surface area contributed by atoms with E-state index in [-0.39, 0.29) is 4.90 Å². The van der Waals surface area contributed by atoms with Crippen LogP contribution in [0.25, 0.3) is 11.3 Å². The Labute approximate surface area is 176 Å². The van der Waals surface area contributed by atoms with Gasteiger partial charge in [-0.15, -0.1) is 0 Å². The number of rotatable bonds is 6. The first-order chi connectivity index (χ1) is 13.5. The summed E-state index contributed by atoms with van der Waals surface area (Å²) in [7, 11) is -3.79. The maximum Gasteiger partial charge on any atom is 0.265 e. The van der Waals surface area contributed by atoms with E-state index in [1.165, 1.54) is 6.07 Å². The van der Waals surface area contributed by atoms with E-state index in [0.29, 0.717) is 22.5 Å². The van der Waals surface area contributed by atoms with Gasteiger partial charge < -0.3 is 9.30 Å². The summed E-state index contributed by atoms with van der Waals surface area (Å²) in [6, 6.07) is 12.1. The first-order valence-electron chi connectivity index (χ1n) is 8.72. The lowest BCUT2D eigenvalue weighted by Gasteiger charge is -2.13. The number of sulfonamides is 1.